The van der Waals surface area contributed by atoms with E-state index in [-0.39, 0.29) is 10.6 Å². The number of hydrogen-bond donors (Lipinski definition) is 2. The minimum absolute atomic E-state index is 0.0810. The van der Waals surface area contributed by atoms with Gasteiger partial charge in [0.05, 0.1) is 4.90 Å². The third kappa shape index (κ3) is 3.43. The lowest BCUT2D eigenvalue weighted by molar-refractivity contribution is 0.0537. The van der Waals surface area contributed by atoms with Gasteiger partial charge in [-0.15, -0.1) is 0 Å². The number of halogens is 1. The van der Waals surface area contributed by atoms with Crippen LogP contribution in [0.1, 0.15) is 19.8 Å². The largest absolute Gasteiger partial charge is 0.399 e. The smallest absolute Gasteiger partial charge is 0.241 e. The molecule has 0 bridgehead atoms. The van der Waals surface area contributed by atoms with E-state index in [1.165, 1.54) is 6.07 Å². The van der Waals surface area contributed by atoms with E-state index in [0.29, 0.717) is 26.1 Å². The van der Waals surface area contributed by atoms with Crippen LogP contribution in [0, 0.1) is 5.82 Å². The van der Waals surface area contributed by atoms with Crippen molar-refractivity contribution in [3.8, 4) is 0 Å². The van der Waals surface area contributed by atoms with Gasteiger partial charge < -0.3 is 10.5 Å². The highest BCUT2D eigenvalue weighted by Gasteiger charge is 2.32. The molecule has 106 valence electrons. The zero-order valence-corrected chi connectivity index (χ0v) is 11.5. The van der Waals surface area contributed by atoms with Gasteiger partial charge in [-0.05, 0) is 38.0 Å². The van der Waals surface area contributed by atoms with Crippen LogP contribution in [0.4, 0.5) is 10.1 Å². The van der Waals surface area contributed by atoms with Crippen molar-refractivity contribution in [3.05, 3.63) is 24.0 Å². The quantitative estimate of drug-likeness (QED) is 0.820. The van der Waals surface area contributed by atoms with Crippen LogP contribution in [-0.4, -0.2) is 27.2 Å². The van der Waals surface area contributed by atoms with Gasteiger partial charge in [0, 0.05) is 24.4 Å². The lowest BCUT2D eigenvalue weighted by Crippen LogP contribution is -2.49. The molecule has 19 heavy (non-hydrogen) atoms. The van der Waals surface area contributed by atoms with Crippen LogP contribution in [0.5, 0.6) is 0 Å². The molecule has 0 amide bonds. The summed E-state index contributed by atoms with van der Waals surface area (Å²) in [6.07, 6.45) is 1.16. The summed E-state index contributed by atoms with van der Waals surface area (Å²) in [5, 5.41) is 0. The third-order valence-electron chi connectivity index (χ3n) is 3.18. The van der Waals surface area contributed by atoms with Crippen molar-refractivity contribution >= 4 is 15.7 Å². The molecule has 5 nitrogen and oxygen atoms in total. The van der Waals surface area contributed by atoms with Gasteiger partial charge in [0.15, 0.2) is 0 Å². The predicted octanol–water partition coefficient (Wildman–Crippen LogP) is 1.26. The number of ether oxygens (including phenoxy) is 1. The Labute approximate surface area is 112 Å². The fourth-order valence-corrected chi connectivity index (χ4v) is 3.58. The lowest BCUT2D eigenvalue weighted by Gasteiger charge is -2.34. The average molecular weight is 288 g/mol. The average Bonchev–Trinajstić information content (AvgIpc) is 2.27. The summed E-state index contributed by atoms with van der Waals surface area (Å²) in [5.41, 5.74) is 4.98. The lowest BCUT2D eigenvalue weighted by atomic mass is 9.94. The predicted molar refractivity (Wildman–Crippen MR) is 69.6 cm³/mol. The van der Waals surface area contributed by atoms with Crippen molar-refractivity contribution in [3.63, 3.8) is 0 Å². The number of hydrogen-bond acceptors (Lipinski definition) is 4. The van der Waals surface area contributed by atoms with Gasteiger partial charge in [0.1, 0.15) is 5.82 Å². The Morgan fingerprint density at radius 2 is 1.95 bits per heavy atom. The van der Waals surface area contributed by atoms with Crippen LogP contribution in [0.15, 0.2) is 23.1 Å². The minimum Gasteiger partial charge on any atom is -0.399 e. The number of nitrogens with one attached hydrogen (secondary N) is 1. The second-order valence-electron chi connectivity index (χ2n) is 5.00. The van der Waals surface area contributed by atoms with E-state index in [2.05, 4.69) is 4.72 Å². The molecule has 1 fully saturated rings. The molecule has 1 aliphatic heterocycles. The highest BCUT2D eigenvalue weighted by molar-refractivity contribution is 7.89. The summed E-state index contributed by atoms with van der Waals surface area (Å²) >= 11 is 0. The van der Waals surface area contributed by atoms with E-state index in [0.717, 1.165) is 12.1 Å². The molecule has 1 heterocycles. The van der Waals surface area contributed by atoms with Crippen LogP contribution < -0.4 is 10.5 Å². The monoisotopic (exact) mass is 288 g/mol. The maximum absolute atomic E-state index is 13.2. The number of benzene rings is 1. The van der Waals surface area contributed by atoms with Gasteiger partial charge in [-0.25, -0.2) is 17.5 Å². The Morgan fingerprint density at radius 3 is 2.53 bits per heavy atom. The number of sulfonamides is 1. The molecule has 1 aromatic rings. The van der Waals surface area contributed by atoms with Gasteiger partial charge in [-0.3, -0.25) is 0 Å². The van der Waals surface area contributed by atoms with Crippen LogP contribution >= 0.6 is 0 Å². The molecule has 3 N–H and O–H groups in total. The summed E-state index contributed by atoms with van der Waals surface area (Å²) in [6, 6.07) is 3.28. The summed E-state index contributed by atoms with van der Waals surface area (Å²) < 4.78 is 45.5. The van der Waals surface area contributed by atoms with Gasteiger partial charge in [0.2, 0.25) is 10.0 Å². The Kier molecular flexibility index (Phi) is 3.80. The molecule has 1 aliphatic rings. The molecule has 0 spiro atoms. The zero-order chi connectivity index (χ0) is 14.1. The normalized spacial score (nSPS) is 19.3. The van der Waals surface area contributed by atoms with Crippen molar-refractivity contribution in [1.29, 1.82) is 0 Å². The van der Waals surface area contributed by atoms with E-state index in [1.54, 1.807) is 0 Å². The Bertz CT molecular complexity index is 548. The Morgan fingerprint density at radius 1 is 1.32 bits per heavy atom. The molecule has 2 rings (SSSR count). The molecule has 0 radical (unpaired) electrons. The fraction of sp³-hybridized carbons (Fsp3) is 0.500. The van der Waals surface area contributed by atoms with Crippen LogP contribution in [-0.2, 0) is 14.8 Å². The van der Waals surface area contributed by atoms with Crippen molar-refractivity contribution < 1.29 is 17.5 Å². The van der Waals surface area contributed by atoms with Crippen molar-refractivity contribution in [2.24, 2.45) is 0 Å². The summed E-state index contributed by atoms with van der Waals surface area (Å²) in [4.78, 5) is -0.155. The van der Waals surface area contributed by atoms with Crippen molar-refractivity contribution in [2.45, 2.75) is 30.2 Å². The first-order valence-electron chi connectivity index (χ1n) is 5.99. The summed E-state index contributed by atoms with van der Waals surface area (Å²) in [5.74, 6) is -0.669. The molecule has 0 aromatic heterocycles. The van der Waals surface area contributed by atoms with E-state index in [9.17, 15) is 12.8 Å². The summed E-state index contributed by atoms with van der Waals surface area (Å²) in [7, 11) is -3.79. The van der Waals surface area contributed by atoms with E-state index >= 15 is 0 Å². The van der Waals surface area contributed by atoms with Gasteiger partial charge in [-0.1, -0.05) is 0 Å². The first-order valence-corrected chi connectivity index (χ1v) is 7.47. The highest BCUT2D eigenvalue weighted by Crippen LogP contribution is 2.24. The molecule has 0 aliphatic carbocycles. The van der Waals surface area contributed by atoms with Crippen molar-refractivity contribution in [1.82, 2.24) is 4.72 Å². The molecule has 1 saturated heterocycles. The zero-order valence-electron chi connectivity index (χ0n) is 10.6. The molecule has 0 unspecified atom stereocenters. The van der Waals surface area contributed by atoms with Crippen LogP contribution in [0.2, 0.25) is 0 Å². The summed E-state index contributed by atoms with van der Waals surface area (Å²) in [6.45, 7) is 2.82. The number of anilines is 1. The first-order chi connectivity index (χ1) is 8.81. The van der Waals surface area contributed by atoms with Gasteiger partial charge >= 0.3 is 0 Å². The highest BCUT2D eigenvalue weighted by atomic mass is 32.2. The van der Waals surface area contributed by atoms with Gasteiger partial charge in [-0.2, -0.15) is 0 Å². The molecule has 7 heteroatoms. The maximum Gasteiger partial charge on any atom is 0.241 e. The molecule has 0 atom stereocenters. The fourth-order valence-electron chi connectivity index (χ4n) is 2.05. The topological polar surface area (TPSA) is 81.4 Å². The molecule has 0 saturated carbocycles. The first kappa shape index (κ1) is 14.2. The Balaban J connectivity index is 2.27. The van der Waals surface area contributed by atoms with E-state index in [4.69, 9.17) is 10.5 Å². The molecular formula is C12H17FN2O3S. The maximum atomic E-state index is 13.2. The van der Waals surface area contributed by atoms with Crippen molar-refractivity contribution in [2.75, 3.05) is 18.9 Å². The molecular weight excluding hydrogens is 271 g/mol. The molecule has 1 aromatic carbocycles. The second kappa shape index (κ2) is 5.07. The standard InChI is InChI=1S/C12H17FN2O3S/c1-12(2-4-18-5-3-12)15-19(16,17)11-7-9(13)6-10(14)8-11/h6-8,15H,2-5,14H2,1H3. The second-order valence-corrected chi connectivity index (χ2v) is 6.68. The number of nitrogen functional groups attached to an aromatic ring is 1. The van der Waals surface area contributed by atoms with E-state index < -0.39 is 21.4 Å². The number of nitrogens with two attached hydrogens (primary N) is 1. The minimum atomic E-state index is -3.79. The Hall–Kier alpha value is -1.18. The third-order valence-corrected chi connectivity index (χ3v) is 4.80. The number of rotatable bonds is 3. The van der Waals surface area contributed by atoms with Gasteiger partial charge in [0.25, 0.3) is 0 Å². The van der Waals surface area contributed by atoms with Crippen LogP contribution in [0.25, 0.3) is 0 Å². The van der Waals surface area contributed by atoms with E-state index in [1.807, 2.05) is 6.92 Å². The van der Waals surface area contributed by atoms with Crippen LogP contribution in [0.3, 0.4) is 0 Å². The SMILES string of the molecule is CC1(NS(=O)(=O)c2cc(N)cc(F)c2)CCOCC1.